The van der Waals surface area contributed by atoms with Crippen LogP contribution >= 0.6 is 0 Å². The zero-order valence-corrected chi connectivity index (χ0v) is 23.8. The van der Waals surface area contributed by atoms with E-state index < -0.39 is 11.3 Å². The molecule has 2 unspecified atom stereocenters. The summed E-state index contributed by atoms with van der Waals surface area (Å²) in [6.07, 6.45) is 7.70. The van der Waals surface area contributed by atoms with Crippen LogP contribution in [0.4, 0.5) is 5.69 Å². The highest BCUT2D eigenvalue weighted by Crippen LogP contribution is 2.46. The number of benzene rings is 3. The lowest BCUT2D eigenvalue weighted by atomic mass is 9.65. The SMILES string of the molecule is CCOC(=O)C(C)C1=CC=CC(c2ccc([N+](=O)[O-])cc2)(c2cccc3c2CCN(Cc2ccc(OC)cc2)C3)C1. The Morgan fingerprint density at radius 3 is 2.54 bits per heavy atom. The van der Waals surface area contributed by atoms with Crippen LogP contribution in [0.15, 0.2) is 90.5 Å². The number of ether oxygens (including phenoxy) is 2. The van der Waals surface area contributed by atoms with Crippen molar-refractivity contribution in [1.82, 2.24) is 4.90 Å². The first-order valence-corrected chi connectivity index (χ1v) is 14.1. The Morgan fingerprint density at radius 1 is 1.10 bits per heavy atom. The summed E-state index contributed by atoms with van der Waals surface area (Å²) in [5.74, 6) is 0.220. The van der Waals surface area contributed by atoms with E-state index in [4.69, 9.17) is 9.47 Å². The number of rotatable bonds is 9. The Labute approximate surface area is 241 Å². The van der Waals surface area contributed by atoms with Gasteiger partial charge in [0.1, 0.15) is 5.75 Å². The molecule has 0 spiro atoms. The van der Waals surface area contributed by atoms with Gasteiger partial charge < -0.3 is 9.47 Å². The lowest BCUT2D eigenvalue weighted by Crippen LogP contribution is -2.35. The van der Waals surface area contributed by atoms with Gasteiger partial charge in [0, 0.05) is 37.2 Å². The van der Waals surface area contributed by atoms with Gasteiger partial charge in [-0.1, -0.05) is 66.3 Å². The number of hydrogen-bond donors (Lipinski definition) is 0. The third-order valence-corrected chi connectivity index (χ3v) is 8.35. The van der Waals surface area contributed by atoms with E-state index >= 15 is 0 Å². The third kappa shape index (κ3) is 5.81. The lowest BCUT2D eigenvalue weighted by molar-refractivity contribution is -0.384. The topological polar surface area (TPSA) is 81.9 Å². The zero-order chi connectivity index (χ0) is 29.0. The molecule has 3 aromatic rings. The van der Waals surface area contributed by atoms with Crippen LogP contribution < -0.4 is 4.74 Å². The van der Waals surface area contributed by atoms with Gasteiger partial charge in [0.25, 0.3) is 5.69 Å². The minimum atomic E-state index is -0.566. The van der Waals surface area contributed by atoms with Gasteiger partial charge in [0.05, 0.1) is 24.6 Å². The summed E-state index contributed by atoms with van der Waals surface area (Å²) >= 11 is 0. The first-order valence-electron chi connectivity index (χ1n) is 14.1. The van der Waals surface area contributed by atoms with Crippen molar-refractivity contribution in [2.24, 2.45) is 5.92 Å². The van der Waals surface area contributed by atoms with Gasteiger partial charge in [-0.05, 0) is 66.6 Å². The summed E-state index contributed by atoms with van der Waals surface area (Å²) in [5, 5.41) is 11.4. The normalized spacial score (nSPS) is 19.1. The van der Waals surface area contributed by atoms with Crippen LogP contribution in [0.1, 0.15) is 48.1 Å². The number of nitro benzene ring substituents is 1. The molecular weight excluding hydrogens is 516 g/mol. The summed E-state index contributed by atoms with van der Waals surface area (Å²) in [7, 11) is 1.68. The van der Waals surface area contributed by atoms with Gasteiger partial charge in [0.2, 0.25) is 0 Å². The van der Waals surface area contributed by atoms with Crippen molar-refractivity contribution in [2.75, 3.05) is 20.3 Å². The first kappa shape index (κ1) is 28.3. The van der Waals surface area contributed by atoms with Crippen LogP contribution in [0.5, 0.6) is 5.75 Å². The van der Waals surface area contributed by atoms with Crippen molar-refractivity contribution in [1.29, 1.82) is 0 Å². The van der Waals surface area contributed by atoms with Gasteiger partial charge in [-0.2, -0.15) is 0 Å². The molecule has 0 bridgehead atoms. The molecule has 2 aliphatic rings. The molecule has 1 aliphatic heterocycles. The predicted octanol–water partition coefficient (Wildman–Crippen LogP) is 6.53. The Kier molecular flexibility index (Phi) is 8.36. The third-order valence-electron chi connectivity index (χ3n) is 8.35. The van der Waals surface area contributed by atoms with Crippen molar-refractivity contribution in [2.45, 2.75) is 45.2 Å². The summed E-state index contributed by atoms with van der Waals surface area (Å²) in [4.78, 5) is 26.2. The Hall–Kier alpha value is -4.23. The van der Waals surface area contributed by atoms with E-state index in [2.05, 4.69) is 41.3 Å². The smallest absolute Gasteiger partial charge is 0.312 e. The largest absolute Gasteiger partial charge is 0.497 e. The molecule has 1 heterocycles. The maximum absolute atomic E-state index is 12.7. The lowest BCUT2D eigenvalue weighted by Gasteiger charge is -2.40. The van der Waals surface area contributed by atoms with Crippen molar-refractivity contribution in [3.05, 3.63) is 128 Å². The number of carbonyl (C=O) groups excluding carboxylic acids is 1. The van der Waals surface area contributed by atoms with Gasteiger partial charge in [0.15, 0.2) is 0 Å². The fourth-order valence-corrected chi connectivity index (χ4v) is 6.12. The van der Waals surface area contributed by atoms with Crippen LogP contribution in [0.25, 0.3) is 0 Å². The highest BCUT2D eigenvalue weighted by Gasteiger charge is 2.39. The van der Waals surface area contributed by atoms with E-state index in [0.717, 1.165) is 42.9 Å². The molecule has 0 fully saturated rings. The average Bonchev–Trinajstić information content (AvgIpc) is 3.00. The van der Waals surface area contributed by atoms with Crippen molar-refractivity contribution < 1.29 is 19.2 Å². The fourth-order valence-electron chi connectivity index (χ4n) is 6.12. The summed E-state index contributed by atoms with van der Waals surface area (Å²) in [6.45, 7) is 6.63. The van der Waals surface area contributed by atoms with E-state index in [1.54, 1.807) is 19.2 Å². The van der Waals surface area contributed by atoms with Crippen molar-refractivity contribution in [3.8, 4) is 5.75 Å². The molecule has 0 N–H and O–H groups in total. The second kappa shape index (κ2) is 12.1. The van der Waals surface area contributed by atoms with Gasteiger partial charge in [-0.15, -0.1) is 0 Å². The Morgan fingerprint density at radius 2 is 1.85 bits per heavy atom. The molecule has 5 rings (SSSR count). The Bertz CT molecular complexity index is 1480. The second-order valence-electron chi connectivity index (χ2n) is 10.8. The molecule has 1 aliphatic carbocycles. The number of allylic oxidation sites excluding steroid dienone is 3. The van der Waals surface area contributed by atoms with Crippen molar-refractivity contribution in [3.63, 3.8) is 0 Å². The Balaban J connectivity index is 1.51. The molecule has 0 radical (unpaired) electrons. The number of nitrogens with zero attached hydrogens (tertiary/aromatic N) is 2. The van der Waals surface area contributed by atoms with Gasteiger partial charge >= 0.3 is 5.97 Å². The predicted molar refractivity (Wildman–Crippen MR) is 159 cm³/mol. The number of hydrogen-bond acceptors (Lipinski definition) is 6. The van der Waals surface area contributed by atoms with Crippen LogP contribution in [-0.2, 0) is 34.5 Å². The monoisotopic (exact) mass is 552 g/mol. The van der Waals surface area contributed by atoms with Crippen LogP contribution in [0, 0.1) is 16.0 Å². The van der Waals surface area contributed by atoms with Gasteiger partial charge in [-0.3, -0.25) is 19.8 Å². The van der Waals surface area contributed by atoms with Gasteiger partial charge in [-0.25, -0.2) is 0 Å². The van der Waals surface area contributed by atoms with Crippen LogP contribution in [0.2, 0.25) is 0 Å². The van der Waals surface area contributed by atoms with E-state index in [9.17, 15) is 14.9 Å². The summed E-state index contributed by atoms with van der Waals surface area (Å²) in [5.41, 5.74) is 6.47. The quantitative estimate of drug-likeness (QED) is 0.170. The standard InChI is InChI=1S/C34H36N2O5/c1-4-41-33(37)24(2)26-8-6-19-34(21-26,28-12-14-29(15-13-28)36(38)39)32-9-5-7-27-23-35(20-18-31(27)32)22-25-10-16-30(40-3)17-11-25/h5-17,19,24H,4,18,20-23H2,1-3H3. The number of nitro groups is 1. The summed E-state index contributed by atoms with van der Waals surface area (Å²) < 4.78 is 10.7. The average molecular weight is 553 g/mol. The molecular formula is C34H36N2O5. The molecule has 0 saturated carbocycles. The molecule has 0 aromatic heterocycles. The molecule has 0 amide bonds. The minimum absolute atomic E-state index is 0.0589. The fraction of sp³-hybridized carbons (Fsp3) is 0.324. The molecule has 7 nitrogen and oxygen atoms in total. The first-order chi connectivity index (χ1) is 19.8. The van der Waals surface area contributed by atoms with Crippen molar-refractivity contribution >= 4 is 11.7 Å². The molecule has 0 saturated heterocycles. The highest BCUT2D eigenvalue weighted by molar-refractivity contribution is 5.76. The number of methoxy groups -OCH3 is 1. The number of carbonyl (C=O) groups is 1. The number of non-ortho nitro benzene ring substituents is 1. The molecule has 41 heavy (non-hydrogen) atoms. The van der Waals surface area contributed by atoms with E-state index in [-0.39, 0.29) is 16.6 Å². The van der Waals surface area contributed by atoms with E-state index in [1.807, 2.05) is 50.3 Å². The second-order valence-corrected chi connectivity index (χ2v) is 10.8. The number of esters is 1. The highest BCUT2D eigenvalue weighted by atomic mass is 16.6. The maximum atomic E-state index is 12.7. The maximum Gasteiger partial charge on any atom is 0.312 e. The summed E-state index contributed by atoms with van der Waals surface area (Å²) in [6, 6.07) is 21.6. The van der Waals surface area contributed by atoms with Crippen LogP contribution in [0.3, 0.4) is 0 Å². The molecule has 3 aromatic carbocycles. The zero-order valence-electron chi connectivity index (χ0n) is 23.8. The van der Waals surface area contributed by atoms with Crippen LogP contribution in [-0.4, -0.2) is 36.1 Å². The molecule has 7 heteroatoms. The molecule has 212 valence electrons. The van der Waals surface area contributed by atoms with E-state index in [1.165, 1.54) is 22.3 Å². The minimum Gasteiger partial charge on any atom is -0.497 e. The number of fused-ring (bicyclic) bond motifs is 1. The molecule has 2 atom stereocenters. The van der Waals surface area contributed by atoms with E-state index in [0.29, 0.717) is 13.0 Å².